The Morgan fingerprint density at radius 1 is 1.00 bits per heavy atom. The standard InChI is InChI=1S/C24H30ClN.C2H6.CH4O/c1-5-6-23(17-20-7-13-24(25)14-8-20)22-11-9-21(10-12-22)19(4)26-16-15-18(2)3;2*1-2/h7-14,23,26H,2,4-6,15-17H2,1,3H3;1-2H3;2H,1H3. The van der Waals surface area contributed by atoms with Gasteiger partial charge in [0.1, 0.15) is 0 Å². The lowest BCUT2D eigenvalue weighted by Crippen LogP contribution is -2.13. The molecule has 0 radical (unpaired) electrons. The van der Waals surface area contributed by atoms with Crippen LogP contribution in [0, 0.1) is 0 Å². The topological polar surface area (TPSA) is 32.3 Å². The Labute approximate surface area is 189 Å². The maximum Gasteiger partial charge on any atom is 0.0406 e. The molecule has 0 heterocycles. The summed E-state index contributed by atoms with van der Waals surface area (Å²) in [4.78, 5) is 0. The van der Waals surface area contributed by atoms with Gasteiger partial charge in [-0.3, -0.25) is 0 Å². The van der Waals surface area contributed by atoms with Gasteiger partial charge in [0.25, 0.3) is 0 Å². The molecule has 1 atom stereocenters. The van der Waals surface area contributed by atoms with Gasteiger partial charge >= 0.3 is 0 Å². The van der Waals surface area contributed by atoms with Crippen LogP contribution >= 0.6 is 11.6 Å². The summed E-state index contributed by atoms with van der Waals surface area (Å²) >= 11 is 6.01. The van der Waals surface area contributed by atoms with Crippen LogP contribution in [0.4, 0.5) is 0 Å². The summed E-state index contributed by atoms with van der Waals surface area (Å²) < 4.78 is 0. The molecular formula is C27H40ClNO. The van der Waals surface area contributed by atoms with Crippen LogP contribution in [0.15, 0.2) is 67.3 Å². The van der Waals surface area contributed by atoms with E-state index in [1.54, 1.807) is 0 Å². The van der Waals surface area contributed by atoms with Crippen molar-refractivity contribution in [3.63, 3.8) is 0 Å². The van der Waals surface area contributed by atoms with E-state index in [0.29, 0.717) is 5.92 Å². The highest BCUT2D eigenvalue weighted by atomic mass is 35.5. The number of hydrogen-bond acceptors (Lipinski definition) is 2. The Bertz CT molecular complexity index is 720. The summed E-state index contributed by atoms with van der Waals surface area (Å²) in [6.07, 6.45) is 4.37. The van der Waals surface area contributed by atoms with Gasteiger partial charge in [0.15, 0.2) is 0 Å². The van der Waals surface area contributed by atoms with E-state index >= 15 is 0 Å². The van der Waals surface area contributed by atoms with Crippen molar-refractivity contribution in [2.24, 2.45) is 0 Å². The third-order valence-corrected chi connectivity index (χ3v) is 4.91. The van der Waals surface area contributed by atoms with E-state index < -0.39 is 0 Å². The minimum Gasteiger partial charge on any atom is -0.400 e. The first-order valence-electron chi connectivity index (χ1n) is 10.9. The fraction of sp³-hybridized carbons (Fsp3) is 0.407. The Morgan fingerprint density at radius 3 is 2.07 bits per heavy atom. The Balaban J connectivity index is 0.00000198. The predicted molar refractivity (Wildman–Crippen MR) is 135 cm³/mol. The fourth-order valence-corrected chi connectivity index (χ4v) is 3.25. The van der Waals surface area contributed by atoms with Crippen molar-refractivity contribution >= 4 is 17.3 Å². The molecule has 166 valence electrons. The third-order valence-electron chi connectivity index (χ3n) is 4.65. The smallest absolute Gasteiger partial charge is 0.0406 e. The van der Waals surface area contributed by atoms with E-state index in [-0.39, 0.29) is 0 Å². The van der Waals surface area contributed by atoms with E-state index in [4.69, 9.17) is 16.7 Å². The average Bonchev–Trinajstić information content (AvgIpc) is 2.77. The van der Waals surface area contributed by atoms with Gasteiger partial charge in [-0.05, 0) is 60.9 Å². The van der Waals surface area contributed by atoms with E-state index in [2.05, 4.69) is 61.8 Å². The lowest BCUT2D eigenvalue weighted by molar-refractivity contribution is 0.399. The highest BCUT2D eigenvalue weighted by Crippen LogP contribution is 2.27. The summed E-state index contributed by atoms with van der Waals surface area (Å²) in [5.41, 5.74) is 6.04. The molecule has 30 heavy (non-hydrogen) atoms. The number of aliphatic hydroxyl groups excluding tert-OH is 1. The van der Waals surface area contributed by atoms with Crippen LogP contribution in [0.1, 0.15) is 69.6 Å². The zero-order chi connectivity index (χ0) is 22.9. The molecule has 0 amide bonds. The van der Waals surface area contributed by atoms with Gasteiger partial charge in [-0.2, -0.15) is 0 Å². The van der Waals surface area contributed by atoms with E-state index in [1.807, 2.05) is 32.9 Å². The minimum atomic E-state index is 0.528. The van der Waals surface area contributed by atoms with Gasteiger partial charge in [-0.1, -0.05) is 87.3 Å². The lowest BCUT2D eigenvalue weighted by atomic mass is 9.88. The Morgan fingerprint density at radius 2 is 1.57 bits per heavy atom. The highest BCUT2D eigenvalue weighted by molar-refractivity contribution is 6.30. The second-order valence-corrected chi connectivity index (χ2v) is 7.49. The molecule has 0 aliphatic carbocycles. The van der Waals surface area contributed by atoms with E-state index in [0.717, 1.165) is 42.8 Å². The van der Waals surface area contributed by atoms with Gasteiger partial charge in [-0.25, -0.2) is 0 Å². The summed E-state index contributed by atoms with van der Waals surface area (Å²) in [7, 11) is 1.00. The second-order valence-electron chi connectivity index (χ2n) is 7.05. The molecule has 1 unspecified atom stereocenters. The first-order chi connectivity index (χ1) is 14.5. The summed E-state index contributed by atoms with van der Waals surface area (Å²) in [5.74, 6) is 0.528. The quantitative estimate of drug-likeness (QED) is 0.380. The normalized spacial score (nSPS) is 10.6. The van der Waals surface area contributed by atoms with E-state index in [1.165, 1.54) is 29.5 Å². The van der Waals surface area contributed by atoms with Crippen LogP contribution in [0.2, 0.25) is 5.02 Å². The van der Waals surface area contributed by atoms with Gasteiger partial charge < -0.3 is 10.4 Å². The predicted octanol–water partition coefficient (Wildman–Crippen LogP) is 7.63. The SMILES string of the molecule is C=C(C)CCNC(=C)c1ccc(C(CCC)Cc2ccc(Cl)cc2)cc1.CC.CO. The van der Waals surface area contributed by atoms with Crippen LogP contribution in [0.3, 0.4) is 0 Å². The van der Waals surface area contributed by atoms with Crippen molar-refractivity contribution in [1.29, 1.82) is 0 Å². The van der Waals surface area contributed by atoms with Crippen molar-refractivity contribution in [2.45, 2.75) is 59.3 Å². The van der Waals surface area contributed by atoms with Crippen LogP contribution in [-0.4, -0.2) is 18.8 Å². The first kappa shape index (κ1) is 28.0. The lowest BCUT2D eigenvalue weighted by Gasteiger charge is -2.18. The van der Waals surface area contributed by atoms with E-state index in [9.17, 15) is 0 Å². The van der Waals surface area contributed by atoms with Crippen LogP contribution in [0.5, 0.6) is 0 Å². The molecule has 3 heteroatoms. The maximum atomic E-state index is 7.00. The minimum absolute atomic E-state index is 0.528. The Kier molecular flexibility index (Phi) is 15.6. The molecule has 2 N–H and O–H groups in total. The molecule has 2 aromatic carbocycles. The average molecular weight is 430 g/mol. The van der Waals surface area contributed by atoms with Crippen LogP contribution in [-0.2, 0) is 6.42 Å². The van der Waals surface area contributed by atoms with Crippen molar-refractivity contribution in [2.75, 3.05) is 13.7 Å². The van der Waals surface area contributed by atoms with Crippen molar-refractivity contribution < 1.29 is 5.11 Å². The van der Waals surface area contributed by atoms with Gasteiger partial charge in [0, 0.05) is 24.4 Å². The van der Waals surface area contributed by atoms with Gasteiger partial charge in [-0.15, -0.1) is 6.58 Å². The molecule has 0 aromatic heterocycles. The number of benzene rings is 2. The summed E-state index contributed by atoms with van der Waals surface area (Å²) in [6, 6.07) is 17.1. The molecule has 0 saturated heterocycles. The van der Waals surface area contributed by atoms with Crippen LogP contribution in [0.25, 0.3) is 5.70 Å². The number of hydrogen-bond donors (Lipinski definition) is 2. The molecule has 0 fully saturated rings. The largest absolute Gasteiger partial charge is 0.400 e. The number of nitrogens with one attached hydrogen (secondary N) is 1. The molecule has 2 aromatic rings. The number of halogens is 1. The highest BCUT2D eigenvalue weighted by Gasteiger charge is 2.12. The molecule has 0 bridgehead atoms. The summed E-state index contributed by atoms with van der Waals surface area (Å²) in [6.45, 7) is 17.3. The van der Waals surface area contributed by atoms with Crippen molar-refractivity contribution in [1.82, 2.24) is 5.32 Å². The molecule has 0 saturated carbocycles. The monoisotopic (exact) mass is 429 g/mol. The zero-order valence-electron chi connectivity index (χ0n) is 19.5. The molecule has 0 aliphatic rings. The maximum absolute atomic E-state index is 7.00. The van der Waals surface area contributed by atoms with Gasteiger partial charge in [0.2, 0.25) is 0 Å². The molecule has 0 aliphatic heterocycles. The summed E-state index contributed by atoms with van der Waals surface area (Å²) in [5, 5.41) is 11.2. The number of rotatable bonds is 10. The Hall–Kier alpha value is -2.03. The van der Waals surface area contributed by atoms with Gasteiger partial charge in [0.05, 0.1) is 0 Å². The molecule has 2 rings (SSSR count). The second kappa shape index (κ2) is 16.7. The molecular weight excluding hydrogens is 390 g/mol. The third kappa shape index (κ3) is 10.7. The van der Waals surface area contributed by atoms with Crippen molar-refractivity contribution in [3.8, 4) is 0 Å². The zero-order valence-corrected chi connectivity index (χ0v) is 20.2. The molecule has 0 spiro atoms. The van der Waals surface area contributed by atoms with Crippen LogP contribution < -0.4 is 5.32 Å². The van der Waals surface area contributed by atoms with Crippen molar-refractivity contribution in [3.05, 3.63) is 89.0 Å². The fourth-order valence-electron chi connectivity index (χ4n) is 3.13. The number of aliphatic hydroxyl groups is 1. The first-order valence-corrected chi connectivity index (χ1v) is 11.2. The molecule has 2 nitrogen and oxygen atoms in total.